The van der Waals surface area contributed by atoms with Crippen molar-refractivity contribution in [3.63, 3.8) is 0 Å². The van der Waals surface area contributed by atoms with Gasteiger partial charge < -0.3 is 16.0 Å². The molecule has 3 aromatic rings. The molecule has 0 aliphatic heterocycles. The number of para-hydroxylation sites is 1. The number of nitrogens with two attached hydrogens (primary N) is 1. The van der Waals surface area contributed by atoms with Crippen LogP contribution in [0.15, 0.2) is 48.5 Å². The lowest BCUT2D eigenvalue weighted by Crippen LogP contribution is -2.12. The van der Waals surface area contributed by atoms with Crippen molar-refractivity contribution in [3.8, 4) is 0 Å². The molecule has 0 radical (unpaired) electrons. The zero-order valence-electron chi connectivity index (χ0n) is 11.8. The first-order chi connectivity index (χ1) is 10.2. The van der Waals surface area contributed by atoms with E-state index in [1.54, 1.807) is 0 Å². The van der Waals surface area contributed by atoms with Crippen LogP contribution in [0.2, 0.25) is 0 Å². The monoisotopic (exact) mass is 279 g/mol. The van der Waals surface area contributed by atoms with E-state index in [1.807, 2.05) is 48.5 Å². The predicted molar refractivity (Wildman–Crippen MR) is 86.5 cm³/mol. The van der Waals surface area contributed by atoms with Crippen molar-refractivity contribution < 1.29 is 4.79 Å². The number of anilines is 2. The zero-order chi connectivity index (χ0) is 14.8. The van der Waals surface area contributed by atoms with Gasteiger partial charge in [-0.25, -0.2) is 0 Å². The Bertz CT molecular complexity index is 805. The van der Waals surface area contributed by atoms with E-state index in [9.17, 15) is 4.79 Å². The Balaban J connectivity index is 1.88. The van der Waals surface area contributed by atoms with Crippen LogP contribution in [0.1, 0.15) is 23.0 Å². The number of carbonyl (C=O) groups is 1. The number of nitrogen functional groups attached to an aromatic ring is 1. The van der Waals surface area contributed by atoms with Crippen LogP contribution in [-0.2, 0) is 6.42 Å². The van der Waals surface area contributed by atoms with E-state index in [2.05, 4.69) is 17.2 Å². The number of aromatic amines is 1. The number of aryl methyl sites for hydroxylation is 1. The molecule has 0 fully saturated rings. The molecule has 0 aliphatic rings. The molecule has 0 saturated heterocycles. The Morgan fingerprint density at radius 3 is 2.76 bits per heavy atom. The summed E-state index contributed by atoms with van der Waals surface area (Å²) >= 11 is 0. The van der Waals surface area contributed by atoms with Crippen LogP contribution < -0.4 is 11.1 Å². The minimum Gasteiger partial charge on any atom is -0.397 e. The number of fused-ring (bicyclic) bond motifs is 1. The second-order valence-electron chi connectivity index (χ2n) is 5.00. The van der Waals surface area contributed by atoms with Crippen LogP contribution in [0.25, 0.3) is 10.9 Å². The summed E-state index contributed by atoms with van der Waals surface area (Å²) in [7, 11) is 0. The molecule has 4 N–H and O–H groups in total. The molecule has 1 heterocycles. The average Bonchev–Trinajstić information content (AvgIpc) is 2.93. The number of hydrogen-bond acceptors (Lipinski definition) is 2. The van der Waals surface area contributed by atoms with Gasteiger partial charge >= 0.3 is 0 Å². The first-order valence-corrected chi connectivity index (χ1v) is 6.95. The molecule has 0 spiro atoms. The van der Waals surface area contributed by atoms with E-state index in [-0.39, 0.29) is 5.91 Å². The summed E-state index contributed by atoms with van der Waals surface area (Å²) in [5.41, 5.74) is 9.82. The smallest absolute Gasteiger partial charge is 0.272 e. The van der Waals surface area contributed by atoms with E-state index in [0.29, 0.717) is 11.4 Å². The van der Waals surface area contributed by atoms with Crippen molar-refractivity contribution in [1.82, 2.24) is 4.98 Å². The second-order valence-corrected chi connectivity index (χ2v) is 5.00. The van der Waals surface area contributed by atoms with Gasteiger partial charge in [-0.3, -0.25) is 4.79 Å². The molecule has 2 aromatic carbocycles. The van der Waals surface area contributed by atoms with E-state index >= 15 is 0 Å². The van der Waals surface area contributed by atoms with E-state index in [4.69, 9.17) is 5.73 Å². The Hall–Kier alpha value is -2.75. The molecule has 0 aliphatic carbocycles. The fraction of sp³-hybridized carbons (Fsp3) is 0.118. The second kappa shape index (κ2) is 5.32. The number of hydrogen-bond donors (Lipinski definition) is 3. The maximum atomic E-state index is 12.3. The number of H-pyrrole nitrogens is 1. The maximum absolute atomic E-state index is 12.3. The topological polar surface area (TPSA) is 70.9 Å². The van der Waals surface area contributed by atoms with Gasteiger partial charge in [0.15, 0.2) is 0 Å². The summed E-state index contributed by atoms with van der Waals surface area (Å²) < 4.78 is 0. The number of rotatable bonds is 3. The van der Waals surface area contributed by atoms with Gasteiger partial charge in [0.05, 0.1) is 11.2 Å². The molecule has 4 nitrogen and oxygen atoms in total. The summed E-state index contributed by atoms with van der Waals surface area (Å²) in [4.78, 5) is 15.4. The van der Waals surface area contributed by atoms with E-state index in [1.165, 1.54) is 5.56 Å². The highest BCUT2D eigenvalue weighted by Crippen LogP contribution is 2.22. The highest BCUT2D eigenvalue weighted by atomic mass is 16.1. The Morgan fingerprint density at radius 2 is 2.00 bits per heavy atom. The lowest BCUT2D eigenvalue weighted by molar-refractivity contribution is 0.102. The molecule has 0 atom stereocenters. The molecule has 1 aromatic heterocycles. The molecule has 0 saturated carbocycles. The predicted octanol–water partition coefficient (Wildman–Crippen LogP) is 3.56. The number of carbonyl (C=O) groups excluding carboxylic acids is 1. The van der Waals surface area contributed by atoms with E-state index in [0.717, 1.165) is 23.0 Å². The number of benzene rings is 2. The maximum Gasteiger partial charge on any atom is 0.272 e. The summed E-state index contributed by atoms with van der Waals surface area (Å²) in [5, 5.41) is 3.84. The van der Waals surface area contributed by atoms with Gasteiger partial charge in [0.2, 0.25) is 0 Å². The van der Waals surface area contributed by atoms with Crippen molar-refractivity contribution in [2.45, 2.75) is 13.3 Å². The van der Waals surface area contributed by atoms with Crippen molar-refractivity contribution in [2.75, 3.05) is 11.1 Å². The minimum absolute atomic E-state index is 0.168. The normalized spacial score (nSPS) is 10.7. The first kappa shape index (κ1) is 13.2. The van der Waals surface area contributed by atoms with Gasteiger partial charge in [-0.15, -0.1) is 0 Å². The minimum atomic E-state index is -0.168. The molecular formula is C17H17N3O. The van der Waals surface area contributed by atoms with Gasteiger partial charge in [-0.1, -0.05) is 31.2 Å². The van der Waals surface area contributed by atoms with Gasteiger partial charge in [0.25, 0.3) is 5.91 Å². The fourth-order valence-electron chi connectivity index (χ4n) is 2.37. The molecular weight excluding hydrogens is 262 g/mol. The van der Waals surface area contributed by atoms with Crippen LogP contribution in [0.3, 0.4) is 0 Å². The molecule has 0 unspecified atom stereocenters. The van der Waals surface area contributed by atoms with Gasteiger partial charge in [0, 0.05) is 11.1 Å². The molecule has 4 heteroatoms. The average molecular weight is 279 g/mol. The Morgan fingerprint density at radius 1 is 1.19 bits per heavy atom. The SMILES string of the molecule is CCc1cccc(NC(=O)c2cc3cccc(N)c3[nH]2)c1. The lowest BCUT2D eigenvalue weighted by atomic mass is 10.1. The molecule has 0 bridgehead atoms. The fourth-order valence-corrected chi connectivity index (χ4v) is 2.37. The van der Waals surface area contributed by atoms with Crippen LogP contribution >= 0.6 is 0 Å². The quantitative estimate of drug-likeness (QED) is 0.641. The third-order valence-electron chi connectivity index (χ3n) is 3.53. The zero-order valence-corrected chi connectivity index (χ0v) is 11.8. The van der Waals surface area contributed by atoms with Crippen LogP contribution in [0, 0.1) is 0 Å². The van der Waals surface area contributed by atoms with Crippen LogP contribution in [-0.4, -0.2) is 10.9 Å². The van der Waals surface area contributed by atoms with Crippen molar-refractivity contribution >= 4 is 28.2 Å². The largest absolute Gasteiger partial charge is 0.397 e. The standard InChI is InChI=1S/C17H17N3O/c1-2-11-5-3-7-13(9-11)19-17(21)15-10-12-6-4-8-14(18)16(12)20-15/h3-10,20H,2,18H2,1H3,(H,19,21). The molecule has 3 rings (SSSR count). The Kier molecular flexibility index (Phi) is 3.36. The Labute approximate surface area is 123 Å². The number of nitrogens with one attached hydrogen (secondary N) is 2. The number of aromatic nitrogens is 1. The van der Waals surface area contributed by atoms with E-state index < -0.39 is 0 Å². The number of amides is 1. The molecule has 1 amide bonds. The van der Waals surface area contributed by atoms with Crippen molar-refractivity contribution in [2.24, 2.45) is 0 Å². The van der Waals surface area contributed by atoms with Crippen molar-refractivity contribution in [3.05, 3.63) is 59.8 Å². The summed E-state index contributed by atoms with van der Waals surface area (Å²) in [6, 6.07) is 15.3. The summed E-state index contributed by atoms with van der Waals surface area (Å²) in [6.07, 6.45) is 0.937. The van der Waals surface area contributed by atoms with Crippen LogP contribution in [0.4, 0.5) is 11.4 Å². The summed E-state index contributed by atoms with van der Waals surface area (Å²) in [5.74, 6) is -0.168. The summed E-state index contributed by atoms with van der Waals surface area (Å²) in [6.45, 7) is 2.08. The van der Waals surface area contributed by atoms with Gasteiger partial charge in [-0.2, -0.15) is 0 Å². The highest BCUT2D eigenvalue weighted by Gasteiger charge is 2.11. The molecule has 106 valence electrons. The highest BCUT2D eigenvalue weighted by molar-refractivity contribution is 6.07. The van der Waals surface area contributed by atoms with Crippen molar-refractivity contribution in [1.29, 1.82) is 0 Å². The third-order valence-corrected chi connectivity index (χ3v) is 3.53. The first-order valence-electron chi connectivity index (χ1n) is 6.95. The van der Waals surface area contributed by atoms with Crippen LogP contribution in [0.5, 0.6) is 0 Å². The molecule has 21 heavy (non-hydrogen) atoms. The third kappa shape index (κ3) is 2.60. The lowest BCUT2D eigenvalue weighted by Gasteiger charge is -2.05. The van der Waals surface area contributed by atoms with Gasteiger partial charge in [-0.05, 0) is 36.2 Å². The van der Waals surface area contributed by atoms with Gasteiger partial charge in [0.1, 0.15) is 5.69 Å².